The van der Waals surface area contributed by atoms with Gasteiger partial charge in [0.1, 0.15) is 18.9 Å². The molecule has 0 aliphatic heterocycles. The summed E-state index contributed by atoms with van der Waals surface area (Å²) in [6.07, 6.45) is 32.2. The first-order chi connectivity index (χ1) is 25.0. The second-order valence-corrected chi connectivity index (χ2v) is 14.9. The average molecular weight is 732 g/mol. The molecule has 0 saturated carbocycles. The molecule has 0 aromatic rings. The number of carbonyl (C=O) groups is 1. The molecule has 0 aliphatic carbocycles. The lowest BCUT2D eigenvalue weighted by atomic mass is 10.0. The number of rotatable bonds is 42. The summed E-state index contributed by atoms with van der Waals surface area (Å²) in [6, 6.07) is 0. The van der Waals surface area contributed by atoms with Crippen molar-refractivity contribution in [2.45, 2.75) is 212 Å². The molecule has 3 atom stereocenters. The Morgan fingerprint density at radius 2 is 0.902 bits per heavy atom. The van der Waals surface area contributed by atoms with Crippen molar-refractivity contribution < 1.29 is 39.4 Å². The molecule has 0 spiro atoms. The third-order valence-corrected chi connectivity index (χ3v) is 9.72. The van der Waals surface area contributed by atoms with E-state index < -0.39 is 31.5 Å². The lowest BCUT2D eigenvalue weighted by Gasteiger charge is -2.28. The van der Waals surface area contributed by atoms with Crippen molar-refractivity contribution in [2.24, 2.45) is 0 Å². The largest absolute Gasteiger partial charge is 0.394 e. The lowest BCUT2D eigenvalue weighted by Crippen LogP contribution is -2.43. The first kappa shape index (κ1) is 50.2. The molecule has 0 saturated heterocycles. The summed E-state index contributed by atoms with van der Waals surface area (Å²) in [4.78, 5) is 14.9. The molecule has 0 heterocycles. The number of aliphatic hydroxyl groups excluding tert-OH is 4. The van der Waals surface area contributed by atoms with Crippen LogP contribution in [0.2, 0.25) is 0 Å². The summed E-state index contributed by atoms with van der Waals surface area (Å²) in [5.74, 6) is -0.0557. The molecular formula is C42H85NO8. The predicted molar refractivity (Wildman–Crippen MR) is 210 cm³/mol. The van der Waals surface area contributed by atoms with Crippen LogP contribution in [0.5, 0.6) is 0 Å². The Bertz CT molecular complexity index is 700. The van der Waals surface area contributed by atoms with Gasteiger partial charge in [-0.1, -0.05) is 174 Å². The minimum atomic E-state index is -1.01. The Morgan fingerprint density at radius 3 is 1.33 bits per heavy atom. The van der Waals surface area contributed by atoms with Crippen LogP contribution in [0.15, 0.2) is 0 Å². The van der Waals surface area contributed by atoms with Gasteiger partial charge in [-0.3, -0.25) is 4.79 Å². The van der Waals surface area contributed by atoms with Crippen molar-refractivity contribution in [3.8, 4) is 0 Å². The fourth-order valence-electron chi connectivity index (χ4n) is 6.34. The zero-order chi connectivity index (χ0) is 37.5. The second kappa shape index (κ2) is 40.4. The highest BCUT2D eigenvalue weighted by atomic mass is 16.5. The Kier molecular flexibility index (Phi) is 39.7. The zero-order valence-corrected chi connectivity index (χ0v) is 33.6. The monoisotopic (exact) mass is 732 g/mol. The van der Waals surface area contributed by atoms with Crippen LogP contribution >= 0.6 is 0 Å². The van der Waals surface area contributed by atoms with Crippen molar-refractivity contribution in [1.82, 2.24) is 4.90 Å². The summed E-state index contributed by atoms with van der Waals surface area (Å²) in [5, 5.41) is 38.1. The van der Waals surface area contributed by atoms with E-state index in [0.717, 1.165) is 32.1 Å². The lowest BCUT2D eigenvalue weighted by molar-refractivity contribution is -0.144. The quantitative estimate of drug-likeness (QED) is 0.0362. The zero-order valence-electron chi connectivity index (χ0n) is 33.6. The Morgan fingerprint density at radius 1 is 0.510 bits per heavy atom. The van der Waals surface area contributed by atoms with Crippen molar-refractivity contribution >= 4 is 5.91 Å². The highest BCUT2D eigenvalue weighted by molar-refractivity contribution is 5.76. The molecule has 9 nitrogen and oxygen atoms in total. The van der Waals surface area contributed by atoms with Gasteiger partial charge in [0, 0.05) is 13.0 Å². The molecule has 0 rings (SSSR count). The van der Waals surface area contributed by atoms with Crippen LogP contribution < -0.4 is 0 Å². The summed E-state index contributed by atoms with van der Waals surface area (Å²) in [7, 11) is 0. The summed E-state index contributed by atoms with van der Waals surface area (Å²) in [6.45, 7) is 4.61. The summed E-state index contributed by atoms with van der Waals surface area (Å²) in [5.41, 5.74) is 0. The Balaban J connectivity index is 4.48. The molecule has 9 heteroatoms. The van der Waals surface area contributed by atoms with E-state index in [2.05, 4.69) is 13.8 Å². The number of hydrogen-bond acceptors (Lipinski definition) is 8. The van der Waals surface area contributed by atoms with E-state index in [-0.39, 0.29) is 39.0 Å². The molecule has 0 aromatic heterocycles. The maximum absolute atomic E-state index is 13.3. The SMILES string of the molecule is CCCCCCCCCCCCCCCCOCC(CN(COCC(O)CO)C(=O)CCCCCCCCCCCCCCC)OCC(O)CO. The van der Waals surface area contributed by atoms with Gasteiger partial charge in [0.25, 0.3) is 0 Å². The van der Waals surface area contributed by atoms with E-state index in [9.17, 15) is 20.1 Å². The van der Waals surface area contributed by atoms with Gasteiger partial charge in [-0.25, -0.2) is 0 Å². The van der Waals surface area contributed by atoms with Gasteiger partial charge in [0.2, 0.25) is 5.91 Å². The molecule has 0 radical (unpaired) electrons. The normalized spacial score (nSPS) is 13.5. The molecule has 3 unspecified atom stereocenters. The molecule has 51 heavy (non-hydrogen) atoms. The van der Waals surface area contributed by atoms with Crippen molar-refractivity contribution in [2.75, 3.05) is 52.9 Å². The van der Waals surface area contributed by atoms with Gasteiger partial charge in [0.05, 0.1) is 45.7 Å². The Labute approximate surface area is 314 Å². The Hall–Kier alpha value is -0.810. The maximum Gasteiger partial charge on any atom is 0.224 e. The van der Waals surface area contributed by atoms with Crippen LogP contribution in [0, 0.1) is 0 Å². The molecule has 1 amide bonds. The van der Waals surface area contributed by atoms with Crippen LogP contribution in [-0.2, 0) is 19.0 Å². The van der Waals surface area contributed by atoms with Crippen LogP contribution in [0.4, 0.5) is 0 Å². The fourth-order valence-corrected chi connectivity index (χ4v) is 6.34. The number of hydrogen-bond donors (Lipinski definition) is 4. The molecule has 0 aromatic carbocycles. The van der Waals surface area contributed by atoms with Crippen LogP contribution in [0.1, 0.15) is 194 Å². The third kappa shape index (κ3) is 36.0. The number of ether oxygens (including phenoxy) is 3. The van der Waals surface area contributed by atoms with E-state index in [1.54, 1.807) is 4.90 Å². The van der Waals surface area contributed by atoms with E-state index >= 15 is 0 Å². The number of aliphatic hydroxyl groups is 4. The van der Waals surface area contributed by atoms with Gasteiger partial charge >= 0.3 is 0 Å². The van der Waals surface area contributed by atoms with Crippen molar-refractivity contribution in [1.29, 1.82) is 0 Å². The number of unbranched alkanes of at least 4 members (excludes halogenated alkanes) is 25. The fraction of sp³-hybridized carbons (Fsp3) is 0.976. The molecule has 0 fully saturated rings. The molecule has 0 aliphatic rings. The standard InChI is InChI=1S/C42H85NO8/c1-3-5-7-9-11-13-15-17-19-21-23-25-27-29-31-49-37-41(51-36-40(47)34-45)32-43(38-50-35-39(46)33-44)42(48)30-28-26-24-22-20-18-16-14-12-10-8-6-4-2/h39-41,44-47H,3-38H2,1-2H3. The second-order valence-electron chi connectivity index (χ2n) is 14.9. The number of amides is 1. The highest BCUT2D eigenvalue weighted by Gasteiger charge is 2.21. The van der Waals surface area contributed by atoms with E-state index in [1.807, 2.05) is 0 Å². The molecule has 0 bridgehead atoms. The third-order valence-electron chi connectivity index (χ3n) is 9.72. The predicted octanol–water partition coefficient (Wildman–Crippen LogP) is 8.86. The van der Waals surface area contributed by atoms with Gasteiger partial charge in [0.15, 0.2) is 0 Å². The van der Waals surface area contributed by atoms with Gasteiger partial charge in [-0.15, -0.1) is 0 Å². The highest BCUT2D eigenvalue weighted by Crippen LogP contribution is 2.15. The van der Waals surface area contributed by atoms with Crippen LogP contribution in [0.25, 0.3) is 0 Å². The minimum Gasteiger partial charge on any atom is -0.394 e. The average Bonchev–Trinajstić information content (AvgIpc) is 3.14. The summed E-state index contributed by atoms with van der Waals surface area (Å²) < 4.78 is 17.4. The van der Waals surface area contributed by atoms with E-state index in [1.165, 1.54) is 141 Å². The number of carbonyl (C=O) groups excluding carboxylic acids is 1. The van der Waals surface area contributed by atoms with Gasteiger partial charge in [-0.05, 0) is 12.8 Å². The first-order valence-corrected chi connectivity index (χ1v) is 21.6. The first-order valence-electron chi connectivity index (χ1n) is 21.6. The maximum atomic E-state index is 13.3. The van der Waals surface area contributed by atoms with Crippen LogP contribution in [-0.4, -0.2) is 102 Å². The van der Waals surface area contributed by atoms with Gasteiger partial charge < -0.3 is 39.5 Å². The van der Waals surface area contributed by atoms with E-state index in [0.29, 0.717) is 13.0 Å². The smallest absolute Gasteiger partial charge is 0.224 e. The molecular weight excluding hydrogens is 646 g/mol. The van der Waals surface area contributed by atoms with Crippen LogP contribution in [0.3, 0.4) is 0 Å². The molecule has 4 N–H and O–H groups in total. The molecule has 306 valence electrons. The van der Waals surface area contributed by atoms with E-state index in [4.69, 9.17) is 19.3 Å². The topological polar surface area (TPSA) is 129 Å². The minimum absolute atomic E-state index is 0.0320. The van der Waals surface area contributed by atoms with Gasteiger partial charge in [-0.2, -0.15) is 0 Å². The number of nitrogens with zero attached hydrogens (tertiary/aromatic N) is 1. The summed E-state index contributed by atoms with van der Waals surface area (Å²) >= 11 is 0. The van der Waals surface area contributed by atoms with Crippen molar-refractivity contribution in [3.63, 3.8) is 0 Å². The van der Waals surface area contributed by atoms with Crippen molar-refractivity contribution in [3.05, 3.63) is 0 Å².